The summed E-state index contributed by atoms with van der Waals surface area (Å²) in [5, 5.41) is 2.78. The number of methoxy groups -OCH3 is 1. The number of benzene rings is 1. The van der Waals surface area contributed by atoms with E-state index in [-0.39, 0.29) is 17.9 Å². The Balaban J connectivity index is 2.20. The highest BCUT2D eigenvalue weighted by Crippen LogP contribution is 2.25. The van der Waals surface area contributed by atoms with Gasteiger partial charge in [-0.05, 0) is 31.0 Å². The Morgan fingerprint density at radius 3 is 2.57 bits per heavy atom. The summed E-state index contributed by atoms with van der Waals surface area (Å²) in [7, 11) is 1.62. The Kier molecular flexibility index (Phi) is 4.83. The fraction of sp³-hybridized carbons (Fsp3) is 0.500. The lowest BCUT2D eigenvalue weighted by atomic mass is 10.1. The van der Waals surface area contributed by atoms with Crippen molar-refractivity contribution in [1.29, 1.82) is 0 Å². The van der Waals surface area contributed by atoms with Crippen LogP contribution in [-0.2, 0) is 9.59 Å². The number of hydrogen-bond acceptors (Lipinski definition) is 3. The molecular weight excluding hydrogens is 268 g/mol. The van der Waals surface area contributed by atoms with Crippen molar-refractivity contribution in [1.82, 2.24) is 10.2 Å². The molecule has 1 saturated heterocycles. The van der Waals surface area contributed by atoms with E-state index in [2.05, 4.69) is 5.32 Å². The van der Waals surface area contributed by atoms with Gasteiger partial charge in [0, 0.05) is 13.0 Å². The summed E-state index contributed by atoms with van der Waals surface area (Å²) in [5.41, 5.74) is 1.04. The van der Waals surface area contributed by atoms with Gasteiger partial charge in [0.05, 0.1) is 13.2 Å². The summed E-state index contributed by atoms with van der Waals surface area (Å²) < 4.78 is 5.15. The summed E-state index contributed by atoms with van der Waals surface area (Å²) in [6, 6.07) is 7.20. The van der Waals surface area contributed by atoms with E-state index >= 15 is 0 Å². The number of nitrogens with zero attached hydrogens (tertiary/aromatic N) is 1. The average molecular weight is 290 g/mol. The first kappa shape index (κ1) is 15.4. The lowest BCUT2D eigenvalue weighted by molar-refractivity contribution is -0.135. The van der Waals surface area contributed by atoms with E-state index < -0.39 is 6.04 Å². The predicted octanol–water partition coefficient (Wildman–Crippen LogP) is 1.88. The molecule has 21 heavy (non-hydrogen) atoms. The van der Waals surface area contributed by atoms with Crippen molar-refractivity contribution in [3.8, 4) is 5.75 Å². The molecule has 1 aromatic rings. The van der Waals surface area contributed by atoms with Crippen LogP contribution < -0.4 is 10.1 Å². The van der Waals surface area contributed by atoms with Crippen LogP contribution in [0.5, 0.6) is 5.75 Å². The summed E-state index contributed by atoms with van der Waals surface area (Å²) in [6.45, 7) is 4.35. The van der Waals surface area contributed by atoms with Crippen LogP contribution in [0.3, 0.4) is 0 Å². The average Bonchev–Trinajstić information content (AvgIpc) is 2.65. The van der Waals surface area contributed by atoms with E-state index in [4.69, 9.17) is 4.74 Å². The summed E-state index contributed by atoms with van der Waals surface area (Å²) in [4.78, 5) is 26.0. The minimum Gasteiger partial charge on any atom is -0.497 e. The van der Waals surface area contributed by atoms with Crippen molar-refractivity contribution in [2.24, 2.45) is 0 Å². The zero-order chi connectivity index (χ0) is 15.4. The molecule has 0 radical (unpaired) electrons. The summed E-state index contributed by atoms with van der Waals surface area (Å²) in [6.07, 6.45) is 0.957. The Morgan fingerprint density at radius 2 is 2.00 bits per heavy atom. The summed E-state index contributed by atoms with van der Waals surface area (Å²) in [5.74, 6) is 0.725. The first-order valence-corrected chi connectivity index (χ1v) is 7.30. The number of amides is 2. The highest BCUT2D eigenvalue weighted by Gasteiger charge is 2.31. The van der Waals surface area contributed by atoms with Gasteiger partial charge >= 0.3 is 0 Å². The van der Waals surface area contributed by atoms with Gasteiger partial charge in [-0.1, -0.05) is 19.1 Å². The van der Waals surface area contributed by atoms with Gasteiger partial charge < -0.3 is 15.0 Å². The maximum atomic E-state index is 12.5. The molecule has 0 aromatic heterocycles. The van der Waals surface area contributed by atoms with Gasteiger partial charge in [-0.15, -0.1) is 0 Å². The third-order valence-electron chi connectivity index (χ3n) is 3.97. The van der Waals surface area contributed by atoms with E-state index in [1.54, 1.807) is 12.0 Å². The van der Waals surface area contributed by atoms with Gasteiger partial charge in [0.15, 0.2) is 0 Å². The van der Waals surface area contributed by atoms with Crippen molar-refractivity contribution >= 4 is 11.8 Å². The smallest absolute Gasteiger partial charge is 0.245 e. The molecule has 2 rings (SSSR count). The van der Waals surface area contributed by atoms with Crippen molar-refractivity contribution < 1.29 is 14.3 Å². The normalized spacial score (nSPS) is 20.7. The molecule has 1 heterocycles. The maximum absolute atomic E-state index is 12.5. The summed E-state index contributed by atoms with van der Waals surface area (Å²) >= 11 is 0. The standard InChI is InChI=1S/C16H22N2O3/c1-4-14-16(20)18(10-9-15(19)17-14)11(2)12-5-7-13(21-3)8-6-12/h5-8,11,14H,4,9-10H2,1-3H3,(H,17,19). The van der Waals surface area contributed by atoms with Crippen LogP contribution in [0.15, 0.2) is 24.3 Å². The van der Waals surface area contributed by atoms with E-state index in [0.29, 0.717) is 19.4 Å². The molecular formula is C16H22N2O3. The van der Waals surface area contributed by atoms with Gasteiger partial charge in [0.25, 0.3) is 0 Å². The molecule has 0 spiro atoms. The molecule has 1 aliphatic heterocycles. The molecule has 2 unspecified atom stereocenters. The van der Waals surface area contributed by atoms with Crippen molar-refractivity contribution in [3.05, 3.63) is 29.8 Å². The topological polar surface area (TPSA) is 58.6 Å². The number of carbonyl (C=O) groups excluding carboxylic acids is 2. The minimum absolute atomic E-state index is 0.00771. The van der Waals surface area contributed by atoms with Gasteiger partial charge in [0.1, 0.15) is 11.8 Å². The van der Waals surface area contributed by atoms with Crippen molar-refractivity contribution in [2.75, 3.05) is 13.7 Å². The quantitative estimate of drug-likeness (QED) is 0.921. The predicted molar refractivity (Wildman–Crippen MR) is 80.0 cm³/mol. The van der Waals surface area contributed by atoms with Gasteiger partial charge in [-0.2, -0.15) is 0 Å². The maximum Gasteiger partial charge on any atom is 0.245 e. The fourth-order valence-corrected chi connectivity index (χ4v) is 2.58. The number of nitrogens with one attached hydrogen (secondary N) is 1. The first-order valence-electron chi connectivity index (χ1n) is 7.30. The molecule has 5 heteroatoms. The van der Waals surface area contributed by atoms with Crippen LogP contribution in [0.4, 0.5) is 0 Å². The number of carbonyl (C=O) groups is 2. The van der Waals surface area contributed by atoms with Gasteiger partial charge in [-0.3, -0.25) is 9.59 Å². The monoisotopic (exact) mass is 290 g/mol. The lowest BCUT2D eigenvalue weighted by Crippen LogP contribution is -2.45. The Morgan fingerprint density at radius 1 is 1.33 bits per heavy atom. The third-order valence-corrected chi connectivity index (χ3v) is 3.97. The SMILES string of the molecule is CCC1NC(=O)CCN(C(C)c2ccc(OC)cc2)C1=O. The van der Waals surface area contributed by atoms with Crippen LogP contribution in [0.1, 0.15) is 38.3 Å². The second kappa shape index (κ2) is 6.61. The molecule has 1 aliphatic rings. The van der Waals surface area contributed by atoms with E-state index in [0.717, 1.165) is 11.3 Å². The lowest BCUT2D eigenvalue weighted by Gasteiger charge is -2.30. The van der Waals surface area contributed by atoms with Crippen LogP contribution in [0.25, 0.3) is 0 Å². The molecule has 1 fully saturated rings. The minimum atomic E-state index is -0.416. The molecule has 2 amide bonds. The zero-order valence-electron chi connectivity index (χ0n) is 12.8. The number of ether oxygens (including phenoxy) is 1. The molecule has 0 bridgehead atoms. The highest BCUT2D eigenvalue weighted by molar-refractivity contribution is 5.90. The number of rotatable bonds is 4. The second-order valence-electron chi connectivity index (χ2n) is 5.26. The molecule has 114 valence electrons. The van der Waals surface area contributed by atoms with E-state index in [1.165, 1.54) is 0 Å². The fourth-order valence-electron chi connectivity index (χ4n) is 2.58. The first-order chi connectivity index (χ1) is 10.1. The van der Waals surface area contributed by atoms with E-state index in [9.17, 15) is 9.59 Å². The van der Waals surface area contributed by atoms with Crippen molar-refractivity contribution in [2.45, 2.75) is 38.8 Å². The molecule has 1 aromatic carbocycles. The third kappa shape index (κ3) is 3.35. The van der Waals surface area contributed by atoms with Crippen molar-refractivity contribution in [3.63, 3.8) is 0 Å². The van der Waals surface area contributed by atoms with Gasteiger partial charge in [0.2, 0.25) is 11.8 Å². The van der Waals surface area contributed by atoms with Crippen LogP contribution in [-0.4, -0.2) is 36.4 Å². The molecule has 2 atom stereocenters. The number of hydrogen-bond donors (Lipinski definition) is 1. The highest BCUT2D eigenvalue weighted by atomic mass is 16.5. The Labute approximate surface area is 125 Å². The molecule has 5 nitrogen and oxygen atoms in total. The van der Waals surface area contributed by atoms with E-state index in [1.807, 2.05) is 38.1 Å². The Bertz CT molecular complexity index is 513. The molecule has 1 N–H and O–H groups in total. The van der Waals surface area contributed by atoms with Crippen LogP contribution >= 0.6 is 0 Å². The molecule has 0 saturated carbocycles. The van der Waals surface area contributed by atoms with Crippen LogP contribution in [0, 0.1) is 0 Å². The van der Waals surface area contributed by atoms with Gasteiger partial charge in [-0.25, -0.2) is 0 Å². The second-order valence-corrected chi connectivity index (χ2v) is 5.26. The van der Waals surface area contributed by atoms with Crippen LogP contribution in [0.2, 0.25) is 0 Å². The Hall–Kier alpha value is -2.04. The largest absolute Gasteiger partial charge is 0.497 e. The molecule has 0 aliphatic carbocycles. The zero-order valence-corrected chi connectivity index (χ0v) is 12.8.